The number of thiol groups is 1. The molecule has 0 aliphatic heterocycles. The molecule has 0 aliphatic rings. The van der Waals surface area contributed by atoms with Crippen molar-refractivity contribution in [2.45, 2.75) is 5.50 Å². The molecule has 0 amide bonds. The summed E-state index contributed by atoms with van der Waals surface area (Å²) in [5.74, 6) is 0. The number of aromatic nitrogens is 1. The van der Waals surface area contributed by atoms with Gasteiger partial charge in [0.1, 0.15) is 5.50 Å². The fourth-order valence-electron chi connectivity index (χ4n) is 0.608. The standard InChI is InChI=1S/C6H10N4S/c7-6(11)10-9-4-5-2-1-3-8-5/h1-4,6,8,10-11H,7H2/b9-4+. The van der Waals surface area contributed by atoms with Crippen LogP contribution in [0.3, 0.4) is 0 Å². The average Bonchev–Trinajstić information content (AvgIpc) is 2.39. The molecule has 0 saturated heterocycles. The molecule has 1 aromatic rings. The smallest absolute Gasteiger partial charge is 0.136 e. The van der Waals surface area contributed by atoms with Crippen LogP contribution in [0.2, 0.25) is 0 Å². The minimum atomic E-state index is -0.416. The van der Waals surface area contributed by atoms with E-state index < -0.39 is 5.50 Å². The molecule has 1 atom stereocenters. The number of nitrogens with zero attached hydrogens (tertiary/aromatic N) is 1. The summed E-state index contributed by atoms with van der Waals surface area (Å²) in [6, 6.07) is 3.79. The second-order valence-corrected chi connectivity index (χ2v) is 2.51. The maximum atomic E-state index is 5.26. The van der Waals surface area contributed by atoms with Crippen LogP contribution in [0.1, 0.15) is 5.69 Å². The van der Waals surface area contributed by atoms with Gasteiger partial charge >= 0.3 is 0 Å². The Labute approximate surface area is 70.3 Å². The van der Waals surface area contributed by atoms with Gasteiger partial charge in [0.15, 0.2) is 0 Å². The van der Waals surface area contributed by atoms with Crippen molar-refractivity contribution in [2.75, 3.05) is 0 Å². The summed E-state index contributed by atoms with van der Waals surface area (Å²) in [6.07, 6.45) is 3.46. The van der Waals surface area contributed by atoms with Crippen LogP contribution < -0.4 is 11.2 Å². The molecule has 0 spiro atoms. The molecule has 4 nitrogen and oxygen atoms in total. The van der Waals surface area contributed by atoms with Crippen LogP contribution in [0.4, 0.5) is 0 Å². The Morgan fingerprint density at radius 2 is 2.64 bits per heavy atom. The first-order valence-electron chi connectivity index (χ1n) is 3.14. The Morgan fingerprint density at radius 3 is 3.18 bits per heavy atom. The molecule has 0 saturated carbocycles. The molecule has 1 rings (SSSR count). The molecule has 1 heterocycles. The van der Waals surface area contributed by atoms with Crippen molar-refractivity contribution < 1.29 is 0 Å². The minimum Gasteiger partial charge on any atom is -0.360 e. The van der Waals surface area contributed by atoms with Crippen LogP contribution >= 0.6 is 12.6 Å². The normalized spacial score (nSPS) is 13.6. The van der Waals surface area contributed by atoms with E-state index in [2.05, 4.69) is 28.1 Å². The number of hydrogen-bond donors (Lipinski definition) is 4. The quantitative estimate of drug-likeness (QED) is 0.225. The zero-order valence-corrected chi connectivity index (χ0v) is 6.75. The molecule has 0 bridgehead atoms. The molecular weight excluding hydrogens is 160 g/mol. The van der Waals surface area contributed by atoms with Crippen LogP contribution in [-0.2, 0) is 0 Å². The van der Waals surface area contributed by atoms with Gasteiger partial charge in [-0.05, 0) is 12.1 Å². The molecule has 1 aromatic heterocycles. The van der Waals surface area contributed by atoms with Gasteiger partial charge in [0.05, 0.1) is 11.9 Å². The van der Waals surface area contributed by atoms with Gasteiger partial charge in [0.2, 0.25) is 0 Å². The topological polar surface area (TPSA) is 66.2 Å². The first-order valence-corrected chi connectivity index (χ1v) is 3.66. The summed E-state index contributed by atoms with van der Waals surface area (Å²) in [7, 11) is 0. The average molecular weight is 170 g/mol. The van der Waals surface area contributed by atoms with Crippen LogP contribution in [0.25, 0.3) is 0 Å². The second-order valence-electron chi connectivity index (χ2n) is 1.96. The summed E-state index contributed by atoms with van der Waals surface area (Å²) >= 11 is 3.87. The van der Waals surface area contributed by atoms with Crippen molar-refractivity contribution in [3.05, 3.63) is 24.0 Å². The highest BCUT2D eigenvalue weighted by Crippen LogP contribution is 1.88. The van der Waals surface area contributed by atoms with Gasteiger partial charge in [0, 0.05) is 6.20 Å². The SMILES string of the molecule is NC(S)N/N=C/c1ccc[nH]1. The Bertz CT molecular complexity index is 216. The monoisotopic (exact) mass is 170 g/mol. The van der Waals surface area contributed by atoms with Gasteiger partial charge in [-0.3, -0.25) is 5.43 Å². The Kier molecular flexibility index (Phi) is 3.00. The van der Waals surface area contributed by atoms with E-state index in [1.165, 1.54) is 0 Å². The van der Waals surface area contributed by atoms with E-state index in [0.717, 1.165) is 5.69 Å². The first-order chi connectivity index (χ1) is 5.29. The second kappa shape index (κ2) is 4.05. The fraction of sp³-hybridized carbons (Fsp3) is 0.167. The van der Waals surface area contributed by atoms with Crippen molar-refractivity contribution in [3.8, 4) is 0 Å². The highest BCUT2D eigenvalue weighted by Gasteiger charge is 1.86. The lowest BCUT2D eigenvalue weighted by Gasteiger charge is -1.99. The fourth-order valence-corrected chi connectivity index (χ4v) is 0.674. The Morgan fingerprint density at radius 1 is 1.82 bits per heavy atom. The summed E-state index contributed by atoms with van der Waals surface area (Å²) in [5.41, 5.74) is 8.34. The summed E-state index contributed by atoms with van der Waals surface area (Å²) in [4.78, 5) is 2.96. The van der Waals surface area contributed by atoms with Gasteiger partial charge in [0.25, 0.3) is 0 Å². The van der Waals surface area contributed by atoms with Crippen molar-refractivity contribution in [3.63, 3.8) is 0 Å². The third-order valence-electron chi connectivity index (χ3n) is 1.03. The van der Waals surface area contributed by atoms with Crippen molar-refractivity contribution >= 4 is 18.8 Å². The molecule has 4 N–H and O–H groups in total. The van der Waals surface area contributed by atoms with Crippen LogP contribution in [0.5, 0.6) is 0 Å². The largest absolute Gasteiger partial charge is 0.360 e. The predicted octanol–water partition coefficient (Wildman–Crippen LogP) is 0.110. The first kappa shape index (κ1) is 8.16. The van der Waals surface area contributed by atoms with Gasteiger partial charge in [-0.2, -0.15) is 5.10 Å². The molecule has 60 valence electrons. The molecule has 5 heteroatoms. The van der Waals surface area contributed by atoms with Gasteiger partial charge < -0.3 is 10.7 Å². The number of nitrogens with two attached hydrogens (primary N) is 1. The lowest BCUT2D eigenvalue weighted by molar-refractivity contribution is 0.719. The van der Waals surface area contributed by atoms with Crippen LogP contribution in [-0.4, -0.2) is 16.7 Å². The maximum absolute atomic E-state index is 5.26. The molecule has 0 aliphatic carbocycles. The van der Waals surface area contributed by atoms with Gasteiger partial charge in [-0.15, -0.1) is 12.6 Å². The van der Waals surface area contributed by atoms with E-state index in [9.17, 15) is 0 Å². The summed E-state index contributed by atoms with van der Waals surface area (Å²) in [5, 5.41) is 3.81. The maximum Gasteiger partial charge on any atom is 0.136 e. The summed E-state index contributed by atoms with van der Waals surface area (Å²) < 4.78 is 0. The number of H-pyrrole nitrogens is 1. The summed E-state index contributed by atoms with van der Waals surface area (Å²) in [6.45, 7) is 0. The van der Waals surface area contributed by atoms with E-state index in [1.807, 2.05) is 18.3 Å². The molecular formula is C6H10N4S. The number of rotatable bonds is 3. The molecule has 11 heavy (non-hydrogen) atoms. The lowest BCUT2D eigenvalue weighted by Crippen LogP contribution is -2.27. The number of aromatic amines is 1. The van der Waals surface area contributed by atoms with E-state index in [4.69, 9.17) is 5.73 Å². The van der Waals surface area contributed by atoms with E-state index in [-0.39, 0.29) is 0 Å². The van der Waals surface area contributed by atoms with Crippen molar-refractivity contribution in [2.24, 2.45) is 10.8 Å². The van der Waals surface area contributed by atoms with Crippen molar-refractivity contribution in [1.82, 2.24) is 10.4 Å². The predicted molar refractivity (Wildman–Crippen MR) is 48.5 cm³/mol. The van der Waals surface area contributed by atoms with E-state index in [0.29, 0.717) is 0 Å². The zero-order valence-electron chi connectivity index (χ0n) is 5.86. The third kappa shape index (κ3) is 3.10. The van der Waals surface area contributed by atoms with E-state index >= 15 is 0 Å². The zero-order chi connectivity index (χ0) is 8.10. The highest BCUT2D eigenvalue weighted by atomic mass is 32.1. The van der Waals surface area contributed by atoms with E-state index in [1.54, 1.807) is 6.21 Å². The molecule has 0 fully saturated rings. The minimum absolute atomic E-state index is 0.416. The van der Waals surface area contributed by atoms with Crippen LogP contribution in [0.15, 0.2) is 23.4 Å². The highest BCUT2D eigenvalue weighted by molar-refractivity contribution is 7.80. The Hall–Kier alpha value is -0.940. The molecule has 0 aromatic carbocycles. The van der Waals surface area contributed by atoms with Gasteiger partial charge in [-0.1, -0.05) is 0 Å². The number of hydrogen-bond acceptors (Lipinski definition) is 4. The molecule has 1 unspecified atom stereocenters. The third-order valence-corrected chi connectivity index (χ3v) is 1.15. The lowest BCUT2D eigenvalue weighted by atomic mass is 10.5. The van der Waals surface area contributed by atoms with Gasteiger partial charge in [-0.25, -0.2) is 0 Å². The Balaban J connectivity index is 2.37. The van der Waals surface area contributed by atoms with Crippen molar-refractivity contribution in [1.29, 1.82) is 0 Å². The van der Waals surface area contributed by atoms with Crippen LogP contribution in [0, 0.1) is 0 Å². The number of hydrazone groups is 1. The molecule has 0 radical (unpaired) electrons. The number of nitrogens with one attached hydrogen (secondary N) is 2.